The number of nitriles is 1. The molecule has 0 saturated carbocycles. The Morgan fingerprint density at radius 1 is 1.41 bits per heavy atom. The monoisotopic (exact) mass is 311 g/mol. The molecule has 0 bridgehead atoms. The van der Waals surface area contributed by atoms with Gasteiger partial charge in [0.15, 0.2) is 0 Å². The lowest BCUT2D eigenvalue weighted by molar-refractivity contribution is -0.133. The van der Waals surface area contributed by atoms with E-state index in [4.69, 9.17) is 11.7 Å². The van der Waals surface area contributed by atoms with Crippen LogP contribution in [0.2, 0.25) is 0 Å². The van der Waals surface area contributed by atoms with Gasteiger partial charge in [-0.1, -0.05) is 42.1 Å². The van der Waals surface area contributed by atoms with Gasteiger partial charge < -0.3 is 10.1 Å². The lowest BCUT2D eigenvalue weighted by atomic mass is 10.0. The normalized spacial score (nSPS) is 9.73. The summed E-state index contributed by atoms with van der Waals surface area (Å²) in [6, 6.07) is 10.6. The van der Waals surface area contributed by atoms with Crippen LogP contribution < -0.4 is 5.56 Å². The number of aromatic amines is 1. The number of aliphatic carboxylic acids is 1. The molecular weight excluding hydrogens is 302 g/mol. The molecule has 0 spiro atoms. The molecule has 0 unspecified atom stereocenters. The van der Waals surface area contributed by atoms with Crippen LogP contribution >= 0.6 is 11.8 Å². The lowest BCUT2D eigenvalue weighted by Crippen LogP contribution is -2.11. The van der Waals surface area contributed by atoms with Crippen molar-refractivity contribution < 1.29 is 9.90 Å². The van der Waals surface area contributed by atoms with Gasteiger partial charge >= 0.3 is 5.97 Å². The first-order valence-corrected chi connectivity index (χ1v) is 7.05. The Bertz CT molecular complexity index is 861. The van der Waals surface area contributed by atoms with Crippen LogP contribution in [-0.4, -0.2) is 21.8 Å². The van der Waals surface area contributed by atoms with Crippen molar-refractivity contribution in [1.29, 1.82) is 5.26 Å². The molecule has 0 fully saturated rings. The number of pyridine rings is 1. The molecule has 0 radical (unpaired) electrons. The zero-order valence-corrected chi connectivity index (χ0v) is 12.0. The van der Waals surface area contributed by atoms with E-state index in [0.29, 0.717) is 5.56 Å². The van der Waals surface area contributed by atoms with Crippen molar-refractivity contribution in [3.63, 3.8) is 0 Å². The number of benzene rings is 1. The van der Waals surface area contributed by atoms with Crippen LogP contribution in [0.25, 0.3) is 16.0 Å². The quantitative estimate of drug-likeness (QED) is 0.668. The summed E-state index contributed by atoms with van der Waals surface area (Å²) in [6.45, 7) is 7.18. The highest BCUT2D eigenvalue weighted by atomic mass is 32.2. The smallest absolute Gasteiger partial charge is 0.313 e. The van der Waals surface area contributed by atoms with E-state index in [-0.39, 0.29) is 27.6 Å². The summed E-state index contributed by atoms with van der Waals surface area (Å²) in [5.74, 6) is -1.36. The van der Waals surface area contributed by atoms with Crippen molar-refractivity contribution in [2.24, 2.45) is 0 Å². The Balaban J connectivity index is 2.74. The fourth-order valence-electron chi connectivity index (χ4n) is 1.91. The molecule has 0 aliphatic carbocycles. The van der Waals surface area contributed by atoms with E-state index in [1.807, 2.05) is 6.07 Å². The van der Waals surface area contributed by atoms with Gasteiger partial charge in [0.25, 0.3) is 11.2 Å². The molecule has 1 aromatic carbocycles. The second kappa shape index (κ2) is 6.61. The summed E-state index contributed by atoms with van der Waals surface area (Å²) in [7, 11) is 0. The Kier molecular flexibility index (Phi) is 4.62. The van der Waals surface area contributed by atoms with Gasteiger partial charge in [0, 0.05) is 5.56 Å². The van der Waals surface area contributed by atoms with Crippen molar-refractivity contribution in [2.75, 3.05) is 5.75 Å². The molecule has 22 heavy (non-hydrogen) atoms. The van der Waals surface area contributed by atoms with Gasteiger partial charge in [-0.2, -0.15) is 5.26 Å². The van der Waals surface area contributed by atoms with Gasteiger partial charge in [-0.25, -0.2) is 4.85 Å². The number of hydrogen-bond donors (Lipinski definition) is 2. The van der Waals surface area contributed by atoms with Crippen LogP contribution in [0.5, 0.6) is 0 Å². The van der Waals surface area contributed by atoms with Crippen molar-refractivity contribution >= 4 is 23.4 Å². The predicted molar refractivity (Wildman–Crippen MR) is 81.8 cm³/mol. The average Bonchev–Trinajstić information content (AvgIpc) is 2.52. The molecule has 0 saturated heterocycles. The number of nitrogens with one attached hydrogen (secondary N) is 1. The Morgan fingerprint density at radius 3 is 2.64 bits per heavy atom. The van der Waals surface area contributed by atoms with E-state index < -0.39 is 11.5 Å². The van der Waals surface area contributed by atoms with E-state index in [2.05, 4.69) is 9.83 Å². The summed E-state index contributed by atoms with van der Waals surface area (Å²) < 4.78 is 0. The van der Waals surface area contributed by atoms with Gasteiger partial charge in [-0.15, -0.1) is 0 Å². The highest BCUT2D eigenvalue weighted by Gasteiger charge is 2.20. The maximum atomic E-state index is 12.0. The van der Waals surface area contributed by atoms with Crippen LogP contribution in [-0.2, 0) is 4.79 Å². The van der Waals surface area contributed by atoms with Gasteiger partial charge in [0.2, 0.25) is 0 Å². The topological polar surface area (TPSA) is 98.3 Å². The average molecular weight is 311 g/mol. The molecule has 1 aromatic heterocycles. The van der Waals surface area contributed by atoms with Crippen molar-refractivity contribution in [3.05, 3.63) is 57.7 Å². The highest BCUT2D eigenvalue weighted by Crippen LogP contribution is 2.34. The molecule has 0 amide bonds. The number of carboxylic acids is 1. The maximum absolute atomic E-state index is 12.0. The number of carboxylic acid groups (broad SMARTS) is 1. The van der Waals surface area contributed by atoms with E-state index in [9.17, 15) is 14.9 Å². The second-order valence-electron chi connectivity index (χ2n) is 4.15. The lowest BCUT2D eigenvalue weighted by Gasteiger charge is -2.10. The number of carbonyl (C=O) groups is 1. The van der Waals surface area contributed by atoms with Gasteiger partial charge in [-0.3, -0.25) is 9.59 Å². The number of hydrogen-bond acceptors (Lipinski definition) is 4. The van der Waals surface area contributed by atoms with E-state index in [1.54, 1.807) is 30.3 Å². The third-order valence-electron chi connectivity index (χ3n) is 2.78. The minimum Gasteiger partial charge on any atom is -0.481 e. The number of aromatic nitrogens is 1. The van der Waals surface area contributed by atoms with E-state index in [0.717, 1.165) is 11.8 Å². The number of H-pyrrole nitrogens is 1. The molecule has 108 valence electrons. The van der Waals surface area contributed by atoms with Crippen molar-refractivity contribution in [1.82, 2.24) is 4.98 Å². The summed E-state index contributed by atoms with van der Waals surface area (Å²) in [5, 5.41) is 18.3. The first-order chi connectivity index (χ1) is 10.6. The molecule has 6 nitrogen and oxygen atoms in total. The van der Waals surface area contributed by atoms with Gasteiger partial charge in [0.05, 0.1) is 22.9 Å². The number of thioether (sulfide) groups is 1. The minimum absolute atomic E-state index is 0.100. The minimum atomic E-state index is -1.06. The Labute approximate surface area is 129 Å². The van der Waals surface area contributed by atoms with Crippen molar-refractivity contribution in [2.45, 2.75) is 5.03 Å². The maximum Gasteiger partial charge on any atom is 0.313 e. The summed E-state index contributed by atoms with van der Waals surface area (Å²) in [6.07, 6.45) is 0. The molecular formula is C15H9N3O3S. The third-order valence-corrected chi connectivity index (χ3v) is 3.77. The van der Waals surface area contributed by atoms with E-state index >= 15 is 0 Å². The fourth-order valence-corrected chi connectivity index (χ4v) is 2.64. The standard InChI is InChI=1S/C15H9N3O3S/c1-17-13-12(9-5-3-2-4-6-9)10(7-16)15(18-14(13)21)22-8-11(19)20/h2-6H,8H2,(H,18,21)(H,19,20). The first-order valence-electron chi connectivity index (χ1n) is 6.06. The first kappa shape index (κ1) is 15.4. The molecule has 0 aliphatic heterocycles. The summed E-state index contributed by atoms with van der Waals surface area (Å²) in [4.78, 5) is 28.4. The molecule has 1 heterocycles. The largest absolute Gasteiger partial charge is 0.481 e. The van der Waals surface area contributed by atoms with Crippen LogP contribution in [0, 0.1) is 17.9 Å². The van der Waals surface area contributed by atoms with Gasteiger partial charge in [0.1, 0.15) is 6.07 Å². The third kappa shape index (κ3) is 3.00. The Hall–Kier alpha value is -3.03. The molecule has 2 N–H and O–H groups in total. The SMILES string of the molecule is [C-]#[N+]c1c(-c2ccccc2)c(C#N)c(SCC(=O)O)[nH]c1=O. The molecule has 2 aromatic rings. The van der Waals surface area contributed by atoms with Crippen molar-refractivity contribution in [3.8, 4) is 17.2 Å². The number of nitrogens with zero attached hydrogens (tertiary/aromatic N) is 2. The highest BCUT2D eigenvalue weighted by molar-refractivity contribution is 7.99. The number of rotatable bonds is 4. The second-order valence-corrected chi connectivity index (χ2v) is 5.14. The zero-order valence-electron chi connectivity index (χ0n) is 11.2. The van der Waals surface area contributed by atoms with Crippen LogP contribution in [0.3, 0.4) is 0 Å². The Morgan fingerprint density at radius 2 is 2.09 bits per heavy atom. The molecule has 0 aliphatic rings. The molecule has 7 heteroatoms. The summed E-state index contributed by atoms with van der Waals surface area (Å²) >= 11 is 0.841. The zero-order chi connectivity index (χ0) is 16.1. The van der Waals surface area contributed by atoms with E-state index in [1.165, 1.54) is 0 Å². The van der Waals surface area contributed by atoms with Gasteiger partial charge in [-0.05, 0) is 5.56 Å². The van der Waals surface area contributed by atoms with Crippen LogP contribution in [0.4, 0.5) is 5.69 Å². The molecule has 2 rings (SSSR count). The molecule has 0 atom stereocenters. The van der Waals surface area contributed by atoms with Crippen LogP contribution in [0.1, 0.15) is 5.56 Å². The van der Waals surface area contributed by atoms with Crippen LogP contribution in [0.15, 0.2) is 40.2 Å². The fraction of sp³-hybridized carbons (Fsp3) is 0.0667. The predicted octanol–water partition coefficient (Wildman–Crippen LogP) is 2.64. The summed E-state index contributed by atoms with van der Waals surface area (Å²) in [5.41, 5.74) is 0.0780.